The molecule has 0 radical (unpaired) electrons. The zero-order valence-corrected chi connectivity index (χ0v) is 12.3. The highest BCUT2D eigenvalue weighted by Gasteiger charge is 2.44. The molecule has 7 heteroatoms. The van der Waals surface area contributed by atoms with Gasteiger partial charge in [0.25, 0.3) is 0 Å². The van der Waals surface area contributed by atoms with E-state index in [4.69, 9.17) is 15.2 Å². The lowest BCUT2D eigenvalue weighted by Gasteiger charge is -2.24. The van der Waals surface area contributed by atoms with Crippen molar-refractivity contribution in [1.82, 2.24) is 4.59 Å². The number of rotatable bonds is 4. The lowest BCUT2D eigenvalue weighted by atomic mass is 10.2. The van der Waals surface area contributed by atoms with Gasteiger partial charge in [0.15, 0.2) is 11.4 Å². The Bertz CT molecular complexity index is 675. The molecule has 0 aromatic heterocycles. The van der Waals surface area contributed by atoms with Crippen LogP contribution in [0.4, 0.5) is 11.4 Å². The van der Waals surface area contributed by atoms with E-state index in [9.17, 15) is 0 Å². The molecule has 0 amide bonds. The molecular formula is C15H16N5O2+. The van der Waals surface area contributed by atoms with Gasteiger partial charge in [0, 0.05) is 29.5 Å². The highest BCUT2D eigenvalue weighted by Crippen LogP contribution is 2.39. The average Bonchev–Trinajstić information content (AvgIpc) is 2.97. The largest absolute Gasteiger partial charge is 0.497 e. The second-order valence-electron chi connectivity index (χ2n) is 4.67. The molecule has 22 heavy (non-hydrogen) atoms. The first-order valence-electron chi connectivity index (χ1n) is 6.65. The molecular weight excluding hydrogens is 282 g/mol. The first-order chi connectivity index (χ1) is 10.7. The number of benzene rings is 2. The van der Waals surface area contributed by atoms with Crippen molar-refractivity contribution >= 4 is 17.3 Å². The Kier molecular flexibility index (Phi) is 3.48. The fraction of sp³-hybridized carbons (Fsp3) is 0.133. The zero-order chi connectivity index (χ0) is 15.6. The highest BCUT2D eigenvalue weighted by atomic mass is 16.5. The van der Waals surface area contributed by atoms with Gasteiger partial charge >= 0.3 is 5.96 Å². The predicted octanol–water partition coefficient (Wildman–Crippen LogP) is 2.95. The topological polar surface area (TPSA) is 81.6 Å². The Balaban J connectivity index is 2.12. The summed E-state index contributed by atoms with van der Waals surface area (Å²) in [4.78, 5) is 0. The van der Waals surface area contributed by atoms with Crippen LogP contribution in [0.25, 0.3) is 0 Å². The summed E-state index contributed by atoms with van der Waals surface area (Å²) in [6, 6.07) is 14.9. The summed E-state index contributed by atoms with van der Waals surface area (Å²) in [5.41, 5.74) is 7.72. The Morgan fingerprint density at radius 2 is 1.27 bits per heavy atom. The fourth-order valence-corrected chi connectivity index (χ4v) is 2.35. The second-order valence-corrected chi connectivity index (χ2v) is 4.67. The molecule has 3 rings (SSSR count). The number of guanidine groups is 1. The van der Waals surface area contributed by atoms with E-state index in [2.05, 4.69) is 15.5 Å². The van der Waals surface area contributed by atoms with Crippen LogP contribution in [0.1, 0.15) is 0 Å². The normalized spacial score (nSPS) is 15.5. The molecule has 1 heterocycles. The summed E-state index contributed by atoms with van der Waals surface area (Å²) in [6.07, 6.45) is 0. The van der Waals surface area contributed by atoms with Gasteiger partial charge in [-0.2, -0.15) is 0 Å². The van der Waals surface area contributed by atoms with Crippen molar-refractivity contribution < 1.29 is 9.47 Å². The SMILES string of the molecule is COc1ccc([N+]2(c3ccc(OC)cc3)N=NN=C2N)cc1. The molecule has 0 saturated carbocycles. The molecule has 0 spiro atoms. The van der Waals surface area contributed by atoms with Crippen LogP contribution in [-0.4, -0.2) is 20.2 Å². The summed E-state index contributed by atoms with van der Waals surface area (Å²) in [7, 11) is 3.24. The van der Waals surface area contributed by atoms with Gasteiger partial charge in [0.2, 0.25) is 0 Å². The van der Waals surface area contributed by atoms with Crippen LogP contribution in [0.2, 0.25) is 0 Å². The number of nitrogens with two attached hydrogens (primary N) is 1. The molecule has 1 aliphatic rings. The number of methoxy groups -OCH3 is 2. The fourth-order valence-electron chi connectivity index (χ4n) is 2.35. The number of ether oxygens (including phenoxy) is 2. The van der Waals surface area contributed by atoms with Gasteiger partial charge in [0.1, 0.15) is 11.5 Å². The maximum Gasteiger partial charge on any atom is 0.359 e. The van der Waals surface area contributed by atoms with E-state index in [1.807, 2.05) is 48.5 Å². The van der Waals surface area contributed by atoms with Crippen molar-refractivity contribution in [3.63, 3.8) is 0 Å². The van der Waals surface area contributed by atoms with Crippen LogP contribution in [0, 0.1) is 0 Å². The Morgan fingerprint density at radius 3 is 1.59 bits per heavy atom. The monoisotopic (exact) mass is 298 g/mol. The van der Waals surface area contributed by atoms with Gasteiger partial charge in [0.05, 0.1) is 19.4 Å². The minimum absolute atomic E-state index is 0.103. The van der Waals surface area contributed by atoms with Crippen LogP contribution in [0.15, 0.2) is 64.1 Å². The van der Waals surface area contributed by atoms with Gasteiger partial charge in [-0.1, -0.05) is 0 Å². The molecule has 7 nitrogen and oxygen atoms in total. The van der Waals surface area contributed by atoms with Crippen molar-refractivity contribution in [2.24, 2.45) is 21.3 Å². The van der Waals surface area contributed by atoms with E-state index in [1.165, 1.54) is 0 Å². The van der Waals surface area contributed by atoms with Crippen LogP contribution in [-0.2, 0) is 0 Å². The lowest BCUT2D eigenvalue weighted by molar-refractivity contribution is 0.414. The second kappa shape index (κ2) is 5.45. The van der Waals surface area contributed by atoms with Gasteiger partial charge in [-0.05, 0) is 34.0 Å². The minimum Gasteiger partial charge on any atom is -0.497 e. The molecule has 0 atom stereocenters. The van der Waals surface area contributed by atoms with Crippen molar-refractivity contribution in [1.29, 1.82) is 0 Å². The Labute approximate surface area is 127 Å². The van der Waals surface area contributed by atoms with Crippen LogP contribution < -0.4 is 19.8 Å². The maximum absolute atomic E-state index is 6.09. The first-order valence-corrected chi connectivity index (χ1v) is 6.65. The molecule has 0 aliphatic carbocycles. The summed E-state index contributed by atoms with van der Waals surface area (Å²) in [5.74, 6) is 1.78. The standard InChI is InChI=1S/C15H16N5O2/c1-21-13-7-3-11(4-8-13)20(15(16)17-18-19-20)12-5-9-14(22-2)10-6-12/h3-10H,1-2H3,(H2,16,17,19)/q+1. The number of nitrogens with zero attached hydrogens (tertiary/aromatic N) is 4. The van der Waals surface area contributed by atoms with Crippen molar-refractivity contribution in [3.8, 4) is 11.5 Å². The third-order valence-electron chi connectivity index (χ3n) is 3.55. The Hall–Kier alpha value is -2.93. The highest BCUT2D eigenvalue weighted by molar-refractivity contribution is 5.96. The molecule has 2 aromatic rings. The molecule has 0 fully saturated rings. The predicted molar refractivity (Wildman–Crippen MR) is 83.9 cm³/mol. The van der Waals surface area contributed by atoms with Crippen LogP contribution in [0.3, 0.4) is 0 Å². The van der Waals surface area contributed by atoms with Crippen molar-refractivity contribution in [2.75, 3.05) is 14.2 Å². The smallest absolute Gasteiger partial charge is 0.359 e. The van der Waals surface area contributed by atoms with Gasteiger partial charge in [-0.3, -0.25) is 0 Å². The van der Waals surface area contributed by atoms with Crippen LogP contribution >= 0.6 is 0 Å². The first kappa shape index (κ1) is 14.0. The van der Waals surface area contributed by atoms with E-state index in [0.717, 1.165) is 22.9 Å². The maximum atomic E-state index is 6.09. The van der Waals surface area contributed by atoms with E-state index in [0.29, 0.717) is 0 Å². The van der Waals surface area contributed by atoms with Gasteiger partial charge < -0.3 is 15.2 Å². The number of quaternary nitrogens is 1. The van der Waals surface area contributed by atoms with Gasteiger partial charge in [-0.15, -0.1) is 0 Å². The number of hydrogen-bond donors (Lipinski definition) is 1. The molecule has 0 bridgehead atoms. The summed E-state index contributed by atoms with van der Waals surface area (Å²) in [5, 5.41) is 11.9. The average molecular weight is 298 g/mol. The third kappa shape index (κ3) is 2.08. The summed E-state index contributed by atoms with van der Waals surface area (Å²) < 4.78 is 10.3. The van der Waals surface area contributed by atoms with Gasteiger partial charge in [-0.25, -0.2) is 0 Å². The van der Waals surface area contributed by atoms with Crippen LogP contribution in [0.5, 0.6) is 11.5 Å². The third-order valence-corrected chi connectivity index (χ3v) is 3.55. The zero-order valence-electron chi connectivity index (χ0n) is 12.3. The Morgan fingerprint density at radius 1 is 0.818 bits per heavy atom. The summed E-state index contributed by atoms with van der Waals surface area (Å²) in [6.45, 7) is 0. The molecule has 0 unspecified atom stereocenters. The molecule has 0 saturated heterocycles. The minimum atomic E-state index is -0.103. The van der Waals surface area contributed by atoms with E-state index < -0.39 is 0 Å². The van der Waals surface area contributed by atoms with E-state index in [1.54, 1.807) is 14.2 Å². The molecule has 1 aliphatic heterocycles. The quantitative estimate of drug-likeness (QED) is 0.881. The van der Waals surface area contributed by atoms with Crippen molar-refractivity contribution in [3.05, 3.63) is 48.5 Å². The van der Waals surface area contributed by atoms with Crippen molar-refractivity contribution in [2.45, 2.75) is 0 Å². The molecule has 2 N–H and O–H groups in total. The summed E-state index contributed by atoms with van der Waals surface area (Å²) >= 11 is 0. The van der Waals surface area contributed by atoms with E-state index in [-0.39, 0.29) is 10.6 Å². The molecule has 112 valence electrons. The van der Waals surface area contributed by atoms with E-state index >= 15 is 0 Å². The lowest BCUT2D eigenvalue weighted by Crippen LogP contribution is -2.47. The number of hydrogen-bond acceptors (Lipinski definition) is 6. The molecule has 2 aromatic carbocycles.